The van der Waals surface area contributed by atoms with Gasteiger partial charge in [0, 0.05) is 23.2 Å². The van der Waals surface area contributed by atoms with Crippen LogP contribution >= 0.6 is 51.0 Å². The number of halogens is 4. The molecule has 0 aliphatic rings. The van der Waals surface area contributed by atoms with E-state index in [1.54, 1.807) is 22.7 Å². The zero-order chi connectivity index (χ0) is 32.6. The number of nitrogens with two attached hydrogens (primary N) is 1. The first-order chi connectivity index (χ1) is 21.8. The number of nitrogens with one attached hydrogen (secondary N) is 1. The summed E-state index contributed by atoms with van der Waals surface area (Å²) in [4.78, 5) is 20.3. The van der Waals surface area contributed by atoms with E-state index in [0.29, 0.717) is 11.9 Å². The molecule has 0 atom stereocenters. The molecule has 0 aliphatic carbocycles. The van der Waals surface area contributed by atoms with Gasteiger partial charge < -0.3 is 22.6 Å². The molecule has 49 heavy (non-hydrogen) atoms. The Labute approximate surface area is 428 Å². The predicted octanol–water partition coefficient (Wildman–Crippen LogP) is 3.47. The Morgan fingerprint density at radius 3 is 1.57 bits per heavy atom. The molecule has 0 saturated carbocycles. The van der Waals surface area contributed by atoms with Crippen LogP contribution < -0.4 is 154 Å². The minimum Gasteiger partial charge on any atom is -1.00 e. The van der Waals surface area contributed by atoms with Crippen LogP contribution in [0.2, 0.25) is 0 Å². The van der Waals surface area contributed by atoms with Crippen molar-refractivity contribution >= 4 is 89.3 Å². The molecule has 0 radical (unpaired) electrons. The molecule has 3 N–H and O–H groups in total. The fourth-order valence-electron chi connectivity index (χ4n) is 4.09. The van der Waals surface area contributed by atoms with Crippen molar-refractivity contribution in [2.24, 2.45) is 0 Å². The van der Waals surface area contributed by atoms with E-state index in [1.807, 2.05) is 62.4 Å². The Morgan fingerprint density at radius 1 is 0.816 bits per heavy atom. The van der Waals surface area contributed by atoms with Crippen molar-refractivity contribution < 1.29 is 163 Å². The number of carbonyl (C=O) groups is 1. The van der Waals surface area contributed by atoms with Crippen LogP contribution in [0.5, 0.6) is 0 Å². The molecule has 0 fully saturated rings. The van der Waals surface area contributed by atoms with E-state index < -0.39 is 0 Å². The van der Waals surface area contributed by atoms with Crippen molar-refractivity contribution in [2.75, 3.05) is 36.3 Å². The Hall–Kier alpha value is 0.424. The summed E-state index contributed by atoms with van der Waals surface area (Å²) in [6.45, 7) is 3.61. The summed E-state index contributed by atoms with van der Waals surface area (Å²) in [7, 11) is 0. The molecule has 0 bridgehead atoms. The van der Waals surface area contributed by atoms with Gasteiger partial charge in [-0.1, -0.05) is 59.8 Å². The second-order valence-corrected chi connectivity index (χ2v) is 12.5. The molecule has 6 rings (SSSR count). The Kier molecular flexibility index (Phi) is 30.4. The molecule has 254 valence electrons. The third kappa shape index (κ3) is 17.9. The van der Waals surface area contributed by atoms with Gasteiger partial charge in [-0.3, -0.25) is 9.18 Å². The number of carbonyl (C=O) groups excluding carboxylic acids is 1. The maximum Gasteiger partial charge on any atom is 1.00 e. The van der Waals surface area contributed by atoms with E-state index in [4.69, 9.17) is 15.8 Å². The van der Waals surface area contributed by atoms with Crippen LogP contribution in [-0.4, -0.2) is 41.7 Å². The van der Waals surface area contributed by atoms with E-state index in [9.17, 15) is 8.78 Å². The van der Waals surface area contributed by atoms with Crippen LogP contribution in [0.4, 0.5) is 20.2 Å². The zero-order valence-electron chi connectivity index (χ0n) is 28.0. The number of fused-ring (bicyclic) bond motifs is 2. The van der Waals surface area contributed by atoms with Crippen LogP contribution in [0, 0.1) is 13.8 Å². The molecule has 6 aromatic rings. The number of hydrogen-bond acceptors (Lipinski definition) is 9. The van der Waals surface area contributed by atoms with E-state index >= 15 is 0 Å². The number of aryl methyl sites for hydroxylation is 2. The van der Waals surface area contributed by atoms with Crippen LogP contribution in [0.15, 0.2) is 84.9 Å². The molecule has 0 aliphatic heterocycles. The number of aromatic nitrogens is 2. The predicted molar refractivity (Wildman–Crippen MR) is 200 cm³/mol. The number of alkyl halides is 3. The Morgan fingerprint density at radius 2 is 1.20 bits per heavy atom. The van der Waals surface area contributed by atoms with Crippen LogP contribution in [0.25, 0.3) is 42.7 Å². The molecule has 0 saturated heterocycles. The fraction of sp³-hybridized carbons (Fsp3) is 0.206. The summed E-state index contributed by atoms with van der Waals surface area (Å²) < 4.78 is 25.2. The maximum absolute atomic E-state index is 12.1. The molecular formula is C34H38BrClCs2F2N4O3S2. The average Bonchev–Trinajstić information content (AvgIpc) is 3.64. The summed E-state index contributed by atoms with van der Waals surface area (Å²) in [5, 5.41) is 14.1. The van der Waals surface area contributed by atoms with Gasteiger partial charge in [-0.15, -0.1) is 35.1 Å². The van der Waals surface area contributed by atoms with Crippen molar-refractivity contribution in [3.05, 3.63) is 94.9 Å². The van der Waals surface area contributed by atoms with E-state index in [2.05, 4.69) is 72.5 Å². The molecule has 2 heterocycles. The molecule has 4 aromatic carbocycles. The number of anilines is 2. The topological polar surface area (TPSA) is 113 Å². The molecule has 2 aromatic heterocycles. The van der Waals surface area contributed by atoms with Crippen molar-refractivity contribution in [3.8, 4) is 22.3 Å². The largest absolute Gasteiger partial charge is 1.00 e. The normalized spacial score (nSPS) is 9.27. The first-order valence-corrected chi connectivity index (χ1v) is 16.4. The van der Waals surface area contributed by atoms with Crippen molar-refractivity contribution in [3.63, 3.8) is 0 Å². The van der Waals surface area contributed by atoms with Gasteiger partial charge in [0.1, 0.15) is 6.67 Å². The number of hydrogen-bond donors (Lipinski definition) is 2. The van der Waals surface area contributed by atoms with Crippen molar-refractivity contribution in [1.29, 1.82) is 0 Å². The quantitative estimate of drug-likeness (QED) is 0.0830. The standard InChI is InChI=1S/C16H15FN2S.C14H12N2S.C2H4BrF.CH2O3.CH4.ClH.2Cs.H/c1-11-19-15-10-13(4-7-16(15)20-11)12-2-5-14(6-3-12)18-9-8-17;1-9-16-13-8-11(4-7-14(13)17-9)10-2-5-12(15)6-3-10;3-1-2-4;2-1-4-3;;;;;/h2-7,10,18H,8-9H2,1H3;2-8H,15H2,1H3;1-2H2;1,3H;1H4;1H;;;/q;;;;;;2*+1;-1/p-1. The summed E-state index contributed by atoms with van der Waals surface area (Å²) in [5.41, 5.74) is 14.2. The number of nitrogens with zero attached hydrogens (tertiary/aromatic N) is 2. The monoisotopic (exact) mass is 1030 g/mol. The summed E-state index contributed by atoms with van der Waals surface area (Å²) in [5.74, 6) is 0. The number of nitrogen functional groups attached to an aromatic ring is 1. The first-order valence-electron chi connectivity index (χ1n) is 13.7. The Balaban J connectivity index is -0.000000677. The van der Waals surface area contributed by atoms with Crippen molar-refractivity contribution in [2.45, 2.75) is 21.3 Å². The van der Waals surface area contributed by atoms with Crippen molar-refractivity contribution in [1.82, 2.24) is 9.97 Å². The first kappa shape index (κ1) is 51.5. The minimum absolute atomic E-state index is 0. The van der Waals surface area contributed by atoms with E-state index in [0.717, 1.165) is 43.6 Å². The van der Waals surface area contributed by atoms with Gasteiger partial charge in [-0.05, 0) is 84.6 Å². The van der Waals surface area contributed by atoms with E-state index in [1.165, 1.54) is 20.5 Å². The van der Waals surface area contributed by atoms with Crippen LogP contribution in [-0.2, 0) is 9.68 Å². The second-order valence-electron chi connectivity index (χ2n) is 9.22. The van der Waals surface area contributed by atoms with Gasteiger partial charge in [0.25, 0.3) is 6.47 Å². The maximum atomic E-state index is 12.1. The number of benzene rings is 4. The minimum atomic E-state index is -0.360. The third-order valence-corrected chi connectivity index (χ3v) is 8.19. The Bertz CT molecular complexity index is 1790. The molecular weight excluding hydrogens is 996 g/mol. The zero-order valence-corrected chi connectivity index (χ0v) is 43.6. The molecule has 0 amide bonds. The van der Waals surface area contributed by atoms with Gasteiger partial charge in [0.2, 0.25) is 0 Å². The molecule has 0 unspecified atom stereocenters. The summed E-state index contributed by atoms with van der Waals surface area (Å²) >= 11 is 6.31. The number of rotatable bonds is 7. The average molecular weight is 1030 g/mol. The van der Waals surface area contributed by atoms with Gasteiger partial charge in [0.05, 0.1) is 37.1 Å². The van der Waals surface area contributed by atoms with Gasteiger partial charge >= 0.3 is 138 Å². The third-order valence-electron chi connectivity index (χ3n) is 5.99. The fourth-order valence-corrected chi connectivity index (χ4v) is 5.71. The molecule has 0 spiro atoms. The van der Waals surface area contributed by atoms with Gasteiger partial charge in [0.15, 0.2) is 0 Å². The molecule has 7 nitrogen and oxygen atoms in total. The number of thiazole rings is 2. The SMILES string of the molecule is C.Cc1nc2cc(-c3ccc(N)cc3)ccc2s1.Cc1nc2cc(-c3ccc(NCCF)cc3)ccc2s1.Cl.FCCBr.O=CO[O-].[Cs+].[Cs+].[H-]. The van der Waals surface area contributed by atoms with Gasteiger partial charge in [-0.25, -0.2) is 14.4 Å². The van der Waals surface area contributed by atoms with Crippen LogP contribution in [0.3, 0.4) is 0 Å². The second kappa shape index (κ2) is 28.9. The molecule has 15 heteroatoms. The van der Waals surface area contributed by atoms with Crippen LogP contribution in [0.1, 0.15) is 18.9 Å². The smallest absolute Gasteiger partial charge is 1.00 e. The van der Waals surface area contributed by atoms with E-state index in [-0.39, 0.29) is 179 Å². The summed E-state index contributed by atoms with van der Waals surface area (Å²) in [6, 6.07) is 28.7. The van der Waals surface area contributed by atoms with Gasteiger partial charge in [-0.2, -0.15) is 0 Å². The summed E-state index contributed by atoms with van der Waals surface area (Å²) in [6.07, 6.45) is 0.